The van der Waals surface area contributed by atoms with Crippen molar-refractivity contribution in [1.29, 1.82) is 0 Å². The second kappa shape index (κ2) is 5.27. The van der Waals surface area contributed by atoms with Gasteiger partial charge in [-0.15, -0.1) is 0 Å². The Morgan fingerprint density at radius 3 is 2.83 bits per heavy atom. The molecular formula is C13H17NO4. The van der Waals surface area contributed by atoms with E-state index in [9.17, 15) is 15.0 Å². The van der Waals surface area contributed by atoms with E-state index in [0.29, 0.717) is 18.7 Å². The predicted octanol–water partition coefficient (Wildman–Crippen LogP) is 1.35. The quantitative estimate of drug-likeness (QED) is 0.778. The molecule has 5 heteroatoms. The molecule has 0 aromatic heterocycles. The van der Waals surface area contributed by atoms with Gasteiger partial charge in [0.05, 0.1) is 6.10 Å². The average Bonchev–Trinajstić information content (AvgIpc) is 2.41. The molecule has 0 spiro atoms. The SMILES string of the molecule is COC1CCCN(C(=O)c2ccc(O)c(O)c2)C1. The summed E-state index contributed by atoms with van der Waals surface area (Å²) in [4.78, 5) is 13.9. The summed E-state index contributed by atoms with van der Waals surface area (Å²) in [5, 5.41) is 18.6. The van der Waals surface area contributed by atoms with Crippen molar-refractivity contribution in [3.05, 3.63) is 23.8 Å². The summed E-state index contributed by atoms with van der Waals surface area (Å²) in [6.07, 6.45) is 1.95. The van der Waals surface area contributed by atoms with Crippen LogP contribution in [0, 0.1) is 0 Å². The lowest BCUT2D eigenvalue weighted by atomic mass is 10.1. The monoisotopic (exact) mass is 251 g/mol. The first-order valence-electron chi connectivity index (χ1n) is 5.96. The first-order valence-corrected chi connectivity index (χ1v) is 5.96. The van der Waals surface area contributed by atoms with Gasteiger partial charge in [0, 0.05) is 25.8 Å². The number of nitrogens with zero attached hydrogens (tertiary/aromatic N) is 1. The Bertz CT molecular complexity index is 447. The molecular weight excluding hydrogens is 234 g/mol. The Kier molecular flexibility index (Phi) is 3.72. The Balaban J connectivity index is 2.12. The number of carbonyl (C=O) groups excluding carboxylic acids is 1. The summed E-state index contributed by atoms with van der Waals surface area (Å²) in [6, 6.07) is 4.11. The molecule has 2 N–H and O–H groups in total. The molecule has 0 aliphatic carbocycles. The van der Waals surface area contributed by atoms with Crippen LogP contribution in [0.1, 0.15) is 23.2 Å². The van der Waals surface area contributed by atoms with E-state index >= 15 is 0 Å². The van der Waals surface area contributed by atoms with Crippen LogP contribution in [0.25, 0.3) is 0 Å². The van der Waals surface area contributed by atoms with E-state index in [1.807, 2.05) is 0 Å². The fourth-order valence-corrected chi connectivity index (χ4v) is 2.15. The van der Waals surface area contributed by atoms with E-state index < -0.39 is 0 Å². The lowest BCUT2D eigenvalue weighted by Crippen LogP contribution is -2.42. The maximum absolute atomic E-state index is 12.2. The zero-order valence-corrected chi connectivity index (χ0v) is 10.3. The van der Waals surface area contributed by atoms with E-state index in [2.05, 4.69) is 0 Å². The first kappa shape index (κ1) is 12.7. The lowest BCUT2D eigenvalue weighted by Gasteiger charge is -2.32. The normalized spacial score (nSPS) is 19.8. The zero-order valence-electron chi connectivity index (χ0n) is 10.3. The molecule has 0 bridgehead atoms. The Labute approximate surface area is 106 Å². The van der Waals surface area contributed by atoms with Crippen molar-refractivity contribution < 1.29 is 19.7 Å². The number of hydrogen-bond acceptors (Lipinski definition) is 4. The smallest absolute Gasteiger partial charge is 0.254 e. The number of rotatable bonds is 2. The third-order valence-electron chi connectivity index (χ3n) is 3.22. The molecule has 98 valence electrons. The molecule has 1 saturated heterocycles. The van der Waals surface area contributed by atoms with Crippen molar-refractivity contribution in [2.24, 2.45) is 0 Å². The minimum atomic E-state index is -0.277. The highest BCUT2D eigenvalue weighted by molar-refractivity contribution is 5.95. The van der Waals surface area contributed by atoms with Crippen LogP contribution in [0.2, 0.25) is 0 Å². The maximum Gasteiger partial charge on any atom is 0.254 e. The van der Waals surface area contributed by atoms with Gasteiger partial charge in [-0.3, -0.25) is 4.79 Å². The van der Waals surface area contributed by atoms with Crippen molar-refractivity contribution in [3.63, 3.8) is 0 Å². The van der Waals surface area contributed by atoms with Crippen molar-refractivity contribution in [2.45, 2.75) is 18.9 Å². The van der Waals surface area contributed by atoms with Crippen molar-refractivity contribution >= 4 is 5.91 Å². The van der Waals surface area contributed by atoms with Gasteiger partial charge in [-0.25, -0.2) is 0 Å². The van der Waals surface area contributed by atoms with Gasteiger partial charge in [0.2, 0.25) is 0 Å². The standard InChI is InChI=1S/C13H17NO4/c1-18-10-3-2-6-14(8-10)13(17)9-4-5-11(15)12(16)7-9/h4-5,7,10,15-16H,2-3,6,8H2,1H3. The van der Waals surface area contributed by atoms with E-state index in [-0.39, 0.29) is 23.5 Å². The fourth-order valence-electron chi connectivity index (χ4n) is 2.15. The van der Waals surface area contributed by atoms with Crippen LogP contribution in [0.3, 0.4) is 0 Å². The van der Waals surface area contributed by atoms with Crippen LogP contribution in [0.5, 0.6) is 11.5 Å². The summed E-state index contributed by atoms with van der Waals surface area (Å²) >= 11 is 0. The van der Waals surface area contributed by atoms with Crippen LogP contribution >= 0.6 is 0 Å². The van der Waals surface area contributed by atoms with Gasteiger partial charge >= 0.3 is 0 Å². The van der Waals surface area contributed by atoms with Crippen LogP contribution < -0.4 is 0 Å². The number of phenolic OH excluding ortho intramolecular Hbond substituents is 2. The highest BCUT2D eigenvalue weighted by atomic mass is 16.5. The number of piperidine rings is 1. The van der Waals surface area contributed by atoms with Gasteiger partial charge in [0.15, 0.2) is 11.5 Å². The van der Waals surface area contributed by atoms with Gasteiger partial charge in [0.1, 0.15) is 0 Å². The lowest BCUT2D eigenvalue weighted by molar-refractivity contribution is 0.0269. The van der Waals surface area contributed by atoms with Crippen LogP contribution in [0.4, 0.5) is 0 Å². The molecule has 2 rings (SSSR count). The molecule has 1 aromatic carbocycles. The van der Waals surface area contributed by atoms with Crippen LogP contribution in [-0.4, -0.2) is 47.3 Å². The topological polar surface area (TPSA) is 70.0 Å². The Morgan fingerprint density at radius 1 is 1.39 bits per heavy atom. The highest BCUT2D eigenvalue weighted by Crippen LogP contribution is 2.26. The van der Waals surface area contributed by atoms with E-state index in [1.54, 1.807) is 12.0 Å². The molecule has 1 fully saturated rings. The second-order valence-corrected chi connectivity index (χ2v) is 4.45. The summed E-state index contributed by atoms with van der Waals surface area (Å²) in [7, 11) is 1.64. The molecule has 18 heavy (non-hydrogen) atoms. The Morgan fingerprint density at radius 2 is 2.17 bits per heavy atom. The molecule has 1 aliphatic rings. The molecule has 1 unspecified atom stereocenters. The van der Waals surface area contributed by atoms with E-state index in [0.717, 1.165) is 12.8 Å². The summed E-state index contributed by atoms with van der Waals surface area (Å²) in [6.45, 7) is 1.26. The molecule has 1 heterocycles. The number of benzene rings is 1. The van der Waals surface area contributed by atoms with Crippen molar-refractivity contribution in [3.8, 4) is 11.5 Å². The molecule has 1 aliphatic heterocycles. The number of phenols is 2. The summed E-state index contributed by atoms with van der Waals surface area (Å²) < 4.78 is 5.27. The first-order chi connectivity index (χ1) is 8.61. The van der Waals surface area contributed by atoms with Crippen LogP contribution in [-0.2, 0) is 4.74 Å². The average molecular weight is 251 g/mol. The number of carbonyl (C=O) groups is 1. The highest BCUT2D eigenvalue weighted by Gasteiger charge is 2.24. The Hall–Kier alpha value is -1.75. The molecule has 5 nitrogen and oxygen atoms in total. The van der Waals surface area contributed by atoms with Crippen molar-refractivity contribution in [2.75, 3.05) is 20.2 Å². The largest absolute Gasteiger partial charge is 0.504 e. The van der Waals surface area contributed by atoms with Gasteiger partial charge in [-0.05, 0) is 31.0 Å². The third kappa shape index (κ3) is 2.56. The second-order valence-electron chi connectivity index (χ2n) is 4.45. The van der Waals surface area contributed by atoms with Gasteiger partial charge < -0.3 is 19.8 Å². The predicted molar refractivity (Wildman–Crippen MR) is 65.7 cm³/mol. The van der Waals surface area contributed by atoms with Crippen molar-refractivity contribution in [1.82, 2.24) is 4.90 Å². The maximum atomic E-state index is 12.2. The fraction of sp³-hybridized carbons (Fsp3) is 0.462. The van der Waals surface area contributed by atoms with E-state index in [1.165, 1.54) is 18.2 Å². The molecule has 1 amide bonds. The molecule has 1 aromatic rings. The number of methoxy groups -OCH3 is 1. The van der Waals surface area contributed by atoms with Gasteiger partial charge in [0.25, 0.3) is 5.91 Å². The van der Waals surface area contributed by atoms with Gasteiger partial charge in [-0.2, -0.15) is 0 Å². The number of ether oxygens (including phenoxy) is 1. The molecule has 0 radical (unpaired) electrons. The number of amides is 1. The number of hydrogen-bond donors (Lipinski definition) is 2. The number of aromatic hydroxyl groups is 2. The molecule has 0 saturated carbocycles. The van der Waals surface area contributed by atoms with Gasteiger partial charge in [-0.1, -0.05) is 0 Å². The summed E-state index contributed by atoms with van der Waals surface area (Å²) in [5.74, 6) is -0.645. The number of likely N-dealkylation sites (tertiary alicyclic amines) is 1. The minimum absolute atomic E-state index is 0.0772. The van der Waals surface area contributed by atoms with Crippen LogP contribution in [0.15, 0.2) is 18.2 Å². The minimum Gasteiger partial charge on any atom is -0.504 e. The molecule has 1 atom stereocenters. The zero-order chi connectivity index (χ0) is 13.1. The third-order valence-corrected chi connectivity index (χ3v) is 3.22. The van der Waals surface area contributed by atoms with E-state index in [4.69, 9.17) is 4.74 Å². The summed E-state index contributed by atoms with van der Waals surface area (Å²) in [5.41, 5.74) is 0.377.